The highest BCUT2D eigenvalue weighted by Crippen LogP contribution is 2.32. The minimum atomic E-state index is 0.0385. The summed E-state index contributed by atoms with van der Waals surface area (Å²) in [4.78, 5) is 3.42. The van der Waals surface area contributed by atoms with Gasteiger partial charge in [-0.3, -0.25) is 4.90 Å². The molecule has 2 unspecified atom stereocenters. The largest absolute Gasteiger partial charge is 0.472 e. The molecular formula is C13H17ClN2OS. The standard InChI is InChI=1S/C13H17ClN2OS/c1-9(15)13(11-3-4-12(14)18-11)16(2)7-10-5-6-17-8-10/h3-6,8-9,13H,7,15H2,1-2H3. The number of halogens is 1. The number of nitrogens with zero attached hydrogens (tertiary/aromatic N) is 1. The molecule has 2 rings (SSSR count). The molecule has 0 aromatic carbocycles. The molecule has 2 atom stereocenters. The number of rotatable bonds is 5. The van der Waals surface area contributed by atoms with Gasteiger partial charge in [0.05, 0.1) is 22.9 Å². The summed E-state index contributed by atoms with van der Waals surface area (Å²) < 4.78 is 5.89. The van der Waals surface area contributed by atoms with Crippen LogP contribution >= 0.6 is 22.9 Å². The molecule has 5 heteroatoms. The minimum Gasteiger partial charge on any atom is -0.472 e. The molecule has 0 aliphatic heterocycles. The van der Waals surface area contributed by atoms with Crippen LogP contribution in [0.15, 0.2) is 35.1 Å². The summed E-state index contributed by atoms with van der Waals surface area (Å²) in [6.45, 7) is 2.82. The lowest BCUT2D eigenvalue weighted by molar-refractivity contribution is 0.214. The lowest BCUT2D eigenvalue weighted by Crippen LogP contribution is -2.36. The predicted molar refractivity (Wildman–Crippen MR) is 75.9 cm³/mol. The molecule has 0 aliphatic carbocycles. The zero-order chi connectivity index (χ0) is 13.1. The van der Waals surface area contributed by atoms with Crippen LogP contribution in [-0.4, -0.2) is 18.0 Å². The molecule has 0 spiro atoms. The number of thiophene rings is 1. The van der Waals surface area contributed by atoms with Crippen molar-refractivity contribution in [2.75, 3.05) is 7.05 Å². The van der Waals surface area contributed by atoms with Crippen LogP contribution in [-0.2, 0) is 6.54 Å². The van der Waals surface area contributed by atoms with Crippen molar-refractivity contribution in [1.29, 1.82) is 0 Å². The second-order valence-electron chi connectivity index (χ2n) is 4.49. The third-order valence-electron chi connectivity index (χ3n) is 2.87. The molecule has 2 aromatic rings. The van der Waals surface area contributed by atoms with Gasteiger partial charge in [-0.15, -0.1) is 11.3 Å². The van der Waals surface area contributed by atoms with Crippen molar-refractivity contribution >= 4 is 22.9 Å². The first-order valence-electron chi connectivity index (χ1n) is 5.80. The fourth-order valence-corrected chi connectivity index (χ4v) is 3.48. The third kappa shape index (κ3) is 3.14. The monoisotopic (exact) mass is 284 g/mol. The average Bonchev–Trinajstić information content (AvgIpc) is 2.90. The summed E-state index contributed by atoms with van der Waals surface area (Å²) in [7, 11) is 2.06. The van der Waals surface area contributed by atoms with Gasteiger partial charge in [-0.2, -0.15) is 0 Å². The van der Waals surface area contributed by atoms with Crippen LogP contribution in [0.25, 0.3) is 0 Å². The van der Waals surface area contributed by atoms with E-state index in [2.05, 4.69) is 11.9 Å². The van der Waals surface area contributed by atoms with Crippen LogP contribution in [0.4, 0.5) is 0 Å². The number of nitrogens with two attached hydrogens (primary N) is 1. The van der Waals surface area contributed by atoms with E-state index in [-0.39, 0.29) is 12.1 Å². The van der Waals surface area contributed by atoms with E-state index in [4.69, 9.17) is 21.8 Å². The fraction of sp³-hybridized carbons (Fsp3) is 0.385. The van der Waals surface area contributed by atoms with Gasteiger partial charge in [0.2, 0.25) is 0 Å². The molecule has 0 fully saturated rings. The van der Waals surface area contributed by atoms with Crippen LogP contribution in [0.1, 0.15) is 23.4 Å². The van der Waals surface area contributed by atoms with E-state index in [0.717, 1.165) is 16.4 Å². The Morgan fingerprint density at radius 2 is 2.22 bits per heavy atom. The van der Waals surface area contributed by atoms with Crippen LogP contribution in [0, 0.1) is 0 Å². The molecule has 0 aliphatic rings. The highest BCUT2D eigenvalue weighted by molar-refractivity contribution is 7.16. The zero-order valence-electron chi connectivity index (χ0n) is 10.5. The van der Waals surface area contributed by atoms with Crippen LogP contribution in [0.2, 0.25) is 4.34 Å². The number of hydrogen-bond acceptors (Lipinski definition) is 4. The first kappa shape index (κ1) is 13.6. The lowest BCUT2D eigenvalue weighted by Gasteiger charge is -2.29. The second kappa shape index (κ2) is 5.89. The van der Waals surface area contributed by atoms with Gasteiger partial charge in [0, 0.05) is 23.0 Å². The lowest BCUT2D eigenvalue weighted by atomic mass is 10.1. The van der Waals surface area contributed by atoms with Gasteiger partial charge in [0.25, 0.3) is 0 Å². The molecule has 0 amide bonds. The van der Waals surface area contributed by atoms with E-state index in [0.29, 0.717) is 0 Å². The molecule has 3 nitrogen and oxygen atoms in total. The molecular weight excluding hydrogens is 268 g/mol. The third-order valence-corrected chi connectivity index (χ3v) is 4.17. The second-order valence-corrected chi connectivity index (χ2v) is 6.24. The summed E-state index contributed by atoms with van der Waals surface area (Å²) in [5.74, 6) is 0. The van der Waals surface area contributed by atoms with E-state index in [1.54, 1.807) is 23.9 Å². The highest BCUT2D eigenvalue weighted by atomic mass is 35.5. The van der Waals surface area contributed by atoms with E-state index in [1.165, 1.54) is 4.88 Å². The molecule has 2 heterocycles. The van der Waals surface area contributed by atoms with Crippen molar-refractivity contribution in [2.24, 2.45) is 5.73 Å². The van der Waals surface area contributed by atoms with Crippen molar-refractivity contribution in [3.05, 3.63) is 45.5 Å². The summed E-state index contributed by atoms with van der Waals surface area (Å²) >= 11 is 7.59. The van der Waals surface area contributed by atoms with Crippen molar-refractivity contribution in [1.82, 2.24) is 4.90 Å². The summed E-state index contributed by atoms with van der Waals surface area (Å²) in [6.07, 6.45) is 3.45. The van der Waals surface area contributed by atoms with E-state index in [9.17, 15) is 0 Å². The molecule has 0 bridgehead atoms. The number of likely N-dealkylation sites (N-methyl/N-ethyl adjacent to an activating group) is 1. The fourth-order valence-electron chi connectivity index (χ4n) is 2.13. The number of furan rings is 1. The molecule has 2 N–H and O–H groups in total. The first-order chi connectivity index (χ1) is 8.58. The molecule has 0 radical (unpaired) electrons. The topological polar surface area (TPSA) is 42.4 Å². The van der Waals surface area contributed by atoms with Gasteiger partial charge in [-0.05, 0) is 32.2 Å². The quantitative estimate of drug-likeness (QED) is 0.913. The first-order valence-corrected chi connectivity index (χ1v) is 6.99. The average molecular weight is 285 g/mol. The Balaban J connectivity index is 2.15. The van der Waals surface area contributed by atoms with Crippen LogP contribution < -0.4 is 5.73 Å². The van der Waals surface area contributed by atoms with Crippen LogP contribution in [0.5, 0.6) is 0 Å². The van der Waals surface area contributed by atoms with Gasteiger partial charge in [-0.1, -0.05) is 11.6 Å². The summed E-state index contributed by atoms with van der Waals surface area (Å²) in [5, 5.41) is 0. The van der Waals surface area contributed by atoms with Crippen LogP contribution in [0.3, 0.4) is 0 Å². The van der Waals surface area contributed by atoms with Crippen molar-refractivity contribution < 1.29 is 4.42 Å². The van der Waals surface area contributed by atoms with Gasteiger partial charge in [0.15, 0.2) is 0 Å². The normalized spacial score (nSPS) is 14.9. The van der Waals surface area contributed by atoms with Crippen molar-refractivity contribution in [3.8, 4) is 0 Å². The predicted octanol–water partition coefficient (Wildman–Crippen LogP) is 3.51. The SMILES string of the molecule is CC(N)C(c1ccc(Cl)s1)N(C)Cc1ccoc1. The Morgan fingerprint density at radius 3 is 2.72 bits per heavy atom. The Morgan fingerprint density at radius 1 is 1.44 bits per heavy atom. The Bertz CT molecular complexity index is 481. The Kier molecular flexibility index (Phi) is 4.45. The van der Waals surface area contributed by atoms with Crippen molar-refractivity contribution in [3.63, 3.8) is 0 Å². The minimum absolute atomic E-state index is 0.0385. The van der Waals surface area contributed by atoms with Gasteiger partial charge in [-0.25, -0.2) is 0 Å². The maximum Gasteiger partial charge on any atom is 0.0947 e. The molecule has 2 aromatic heterocycles. The molecule has 18 heavy (non-hydrogen) atoms. The smallest absolute Gasteiger partial charge is 0.0947 e. The Hall–Kier alpha value is -0.810. The van der Waals surface area contributed by atoms with Gasteiger partial charge in [0.1, 0.15) is 0 Å². The molecule has 0 saturated heterocycles. The molecule has 98 valence electrons. The number of hydrogen-bond donors (Lipinski definition) is 1. The Labute approximate surface area is 116 Å². The van der Waals surface area contributed by atoms with E-state index in [1.807, 2.05) is 25.1 Å². The van der Waals surface area contributed by atoms with Gasteiger partial charge >= 0.3 is 0 Å². The maximum atomic E-state index is 6.11. The summed E-state index contributed by atoms with van der Waals surface area (Å²) in [5.41, 5.74) is 7.25. The molecule has 0 saturated carbocycles. The van der Waals surface area contributed by atoms with Crippen molar-refractivity contribution in [2.45, 2.75) is 25.6 Å². The van der Waals surface area contributed by atoms with E-state index < -0.39 is 0 Å². The zero-order valence-corrected chi connectivity index (χ0v) is 12.0. The van der Waals surface area contributed by atoms with E-state index >= 15 is 0 Å². The van der Waals surface area contributed by atoms with Gasteiger partial charge < -0.3 is 10.2 Å². The highest BCUT2D eigenvalue weighted by Gasteiger charge is 2.23. The summed E-state index contributed by atoms with van der Waals surface area (Å²) in [6, 6.07) is 6.14. The maximum absolute atomic E-state index is 6.11.